The molecule has 1 atom stereocenters. The number of imidazole rings is 1. The molecule has 0 fully saturated rings. The summed E-state index contributed by atoms with van der Waals surface area (Å²) in [5.74, 6) is 1.98. The average molecular weight is 428 g/mol. The first-order valence-electron chi connectivity index (χ1n) is 10.8. The van der Waals surface area contributed by atoms with E-state index < -0.39 is 0 Å². The van der Waals surface area contributed by atoms with Crippen LogP contribution in [0.15, 0.2) is 55.1 Å². The van der Waals surface area contributed by atoms with Crippen molar-refractivity contribution in [2.45, 2.75) is 39.3 Å². The number of rotatable bonds is 4. The van der Waals surface area contributed by atoms with Gasteiger partial charge in [-0.3, -0.25) is 14.3 Å². The number of anilines is 2. The minimum absolute atomic E-state index is 0.0633. The van der Waals surface area contributed by atoms with Crippen LogP contribution in [-0.2, 0) is 4.79 Å². The van der Waals surface area contributed by atoms with Gasteiger partial charge in [0.15, 0.2) is 11.6 Å². The Labute approximate surface area is 186 Å². The number of hydrogen-bond acceptors (Lipinski definition) is 6. The van der Waals surface area contributed by atoms with Crippen LogP contribution < -0.4 is 9.80 Å². The molecule has 1 aliphatic rings. The summed E-state index contributed by atoms with van der Waals surface area (Å²) in [4.78, 5) is 35.4. The Kier molecular flexibility index (Phi) is 4.84. The topological polar surface area (TPSA) is 80.0 Å². The molecule has 1 aromatic carbocycles. The molecule has 4 heterocycles. The highest BCUT2D eigenvalue weighted by Crippen LogP contribution is 2.36. The molecule has 4 aromatic rings. The van der Waals surface area contributed by atoms with Gasteiger partial charge in [-0.1, -0.05) is 31.2 Å². The van der Waals surface area contributed by atoms with Crippen LogP contribution >= 0.6 is 0 Å². The molecular weight excluding hydrogens is 402 g/mol. The Hall–Kier alpha value is -3.81. The number of fused-ring (bicyclic) bond motifs is 2. The summed E-state index contributed by atoms with van der Waals surface area (Å²) in [5.41, 5.74) is 1.48. The number of likely N-dealkylation sites (N-methyl/N-ethyl adjacent to an activating group) is 1. The quantitative estimate of drug-likeness (QED) is 0.492. The van der Waals surface area contributed by atoms with E-state index in [0.29, 0.717) is 23.9 Å². The fourth-order valence-corrected chi connectivity index (χ4v) is 4.42. The molecule has 0 aliphatic carbocycles. The van der Waals surface area contributed by atoms with Crippen molar-refractivity contribution in [2.24, 2.45) is 0 Å². The number of hydrogen-bond donors (Lipinski definition) is 0. The number of pyridine rings is 1. The van der Waals surface area contributed by atoms with Crippen LogP contribution in [-0.4, -0.2) is 49.5 Å². The van der Waals surface area contributed by atoms with E-state index in [1.165, 1.54) is 0 Å². The fourth-order valence-electron chi connectivity index (χ4n) is 4.42. The Morgan fingerprint density at radius 3 is 2.66 bits per heavy atom. The third-order valence-corrected chi connectivity index (χ3v) is 5.98. The van der Waals surface area contributed by atoms with Gasteiger partial charge in [0.2, 0.25) is 11.9 Å². The van der Waals surface area contributed by atoms with E-state index in [1.54, 1.807) is 30.5 Å². The number of nitrogens with zero attached hydrogens (tertiary/aromatic N) is 7. The monoisotopic (exact) mass is 427 g/mol. The van der Waals surface area contributed by atoms with Gasteiger partial charge in [0.05, 0.1) is 6.20 Å². The van der Waals surface area contributed by atoms with Gasteiger partial charge in [-0.25, -0.2) is 9.97 Å². The zero-order valence-electron chi connectivity index (χ0n) is 18.6. The molecule has 8 nitrogen and oxygen atoms in total. The lowest BCUT2D eigenvalue weighted by Gasteiger charge is -2.42. The SMILES string of the molecule is CC[C@@H]1C(=O)N(C)c2cnc(-n3ccnc3-c3nccc4ccccc34)nc2N1C(C)C. The van der Waals surface area contributed by atoms with Crippen molar-refractivity contribution < 1.29 is 4.79 Å². The van der Waals surface area contributed by atoms with E-state index >= 15 is 0 Å². The summed E-state index contributed by atoms with van der Waals surface area (Å²) in [6.07, 6.45) is 7.78. The first kappa shape index (κ1) is 20.1. The number of amides is 1. The Bertz CT molecular complexity index is 1310. The largest absolute Gasteiger partial charge is 0.340 e. The average Bonchev–Trinajstić information content (AvgIpc) is 3.30. The number of benzene rings is 1. The molecule has 0 bridgehead atoms. The van der Waals surface area contributed by atoms with E-state index in [-0.39, 0.29) is 18.0 Å². The van der Waals surface area contributed by atoms with Crippen LogP contribution in [0.1, 0.15) is 27.2 Å². The van der Waals surface area contributed by atoms with Gasteiger partial charge in [-0.05, 0) is 31.7 Å². The smallest absolute Gasteiger partial charge is 0.249 e. The summed E-state index contributed by atoms with van der Waals surface area (Å²) in [6.45, 7) is 6.18. The van der Waals surface area contributed by atoms with E-state index in [2.05, 4.69) is 39.8 Å². The van der Waals surface area contributed by atoms with Gasteiger partial charge in [0.1, 0.15) is 17.4 Å². The summed E-state index contributed by atoms with van der Waals surface area (Å²) in [6, 6.07) is 9.94. The van der Waals surface area contributed by atoms with Crippen molar-refractivity contribution in [1.29, 1.82) is 0 Å². The van der Waals surface area contributed by atoms with E-state index in [1.807, 2.05) is 42.0 Å². The second kappa shape index (κ2) is 7.71. The van der Waals surface area contributed by atoms with Crippen molar-refractivity contribution in [3.8, 4) is 17.5 Å². The first-order chi connectivity index (χ1) is 15.5. The van der Waals surface area contributed by atoms with Gasteiger partial charge in [0.25, 0.3) is 0 Å². The van der Waals surface area contributed by atoms with Crippen LogP contribution in [0.5, 0.6) is 0 Å². The van der Waals surface area contributed by atoms with Crippen LogP contribution in [0.3, 0.4) is 0 Å². The highest BCUT2D eigenvalue weighted by molar-refractivity contribution is 6.04. The normalized spacial score (nSPS) is 16.2. The van der Waals surface area contributed by atoms with Gasteiger partial charge >= 0.3 is 0 Å². The molecule has 0 spiro atoms. The zero-order chi connectivity index (χ0) is 22.4. The van der Waals surface area contributed by atoms with Crippen molar-refractivity contribution in [2.75, 3.05) is 16.8 Å². The molecule has 0 unspecified atom stereocenters. The Morgan fingerprint density at radius 1 is 1.06 bits per heavy atom. The standard InChI is InChI=1S/C24H25N7O/c1-5-18-23(32)29(4)19-14-27-24(28-21(19)31(18)15(2)3)30-13-12-26-22(30)20-17-9-7-6-8-16(17)10-11-25-20/h6-15,18H,5H2,1-4H3/t18-/m1/s1. The van der Waals surface area contributed by atoms with Crippen molar-refractivity contribution in [3.63, 3.8) is 0 Å². The molecule has 5 rings (SSSR count). The van der Waals surface area contributed by atoms with Crippen molar-refractivity contribution in [3.05, 3.63) is 55.1 Å². The number of carbonyl (C=O) groups excluding carboxylic acids is 1. The highest BCUT2D eigenvalue weighted by Gasteiger charge is 2.38. The summed E-state index contributed by atoms with van der Waals surface area (Å²) < 4.78 is 1.85. The van der Waals surface area contributed by atoms with Gasteiger partial charge in [-0.2, -0.15) is 4.98 Å². The lowest BCUT2D eigenvalue weighted by atomic mass is 10.1. The molecule has 162 valence electrons. The Morgan fingerprint density at radius 2 is 1.88 bits per heavy atom. The Balaban J connectivity index is 1.67. The lowest BCUT2D eigenvalue weighted by Crippen LogP contribution is -2.55. The number of aromatic nitrogens is 5. The molecule has 1 aliphatic heterocycles. The van der Waals surface area contributed by atoms with E-state index in [9.17, 15) is 4.79 Å². The molecule has 3 aromatic heterocycles. The van der Waals surface area contributed by atoms with E-state index in [0.717, 1.165) is 22.3 Å². The van der Waals surface area contributed by atoms with Crippen molar-refractivity contribution in [1.82, 2.24) is 24.5 Å². The van der Waals surface area contributed by atoms with Crippen LogP contribution in [0.2, 0.25) is 0 Å². The number of carbonyl (C=O) groups is 1. The predicted molar refractivity (Wildman–Crippen MR) is 125 cm³/mol. The minimum Gasteiger partial charge on any atom is -0.340 e. The van der Waals surface area contributed by atoms with E-state index in [4.69, 9.17) is 4.98 Å². The third kappa shape index (κ3) is 3.02. The molecule has 0 saturated carbocycles. The molecule has 1 amide bonds. The predicted octanol–water partition coefficient (Wildman–Crippen LogP) is 3.85. The molecule has 32 heavy (non-hydrogen) atoms. The maximum absolute atomic E-state index is 12.9. The van der Waals surface area contributed by atoms with Crippen LogP contribution in [0.4, 0.5) is 11.5 Å². The second-order valence-electron chi connectivity index (χ2n) is 8.20. The first-order valence-corrected chi connectivity index (χ1v) is 10.8. The van der Waals surface area contributed by atoms with Gasteiger partial charge in [0, 0.05) is 37.1 Å². The summed E-state index contributed by atoms with van der Waals surface area (Å²) in [7, 11) is 1.78. The summed E-state index contributed by atoms with van der Waals surface area (Å²) >= 11 is 0. The maximum Gasteiger partial charge on any atom is 0.249 e. The summed E-state index contributed by atoms with van der Waals surface area (Å²) in [5, 5.41) is 2.11. The maximum atomic E-state index is 12.9. The molecule has 0 saturated heterocycles. The molecule has 0 N–H and O–H groups in total. The molecular formula is C24H25N7O. The zero-order valence-corrected chi connectivity index (χ0v) is 18.6. The van der Waals surface area contributed by atoms with Crippen molar-refractivity contribution >= 4 is 28.2 Å². The van der Waals surface area contributed by atoms with Crippen LogP contribution in [0, 0.1) is 0 Å². The fraction of sp³-hybridized carbons (Fsp3) is 0.292. The highest BCUT2D eigenvalue weighted by atomic mass is 16.2. The van der Waals surface area contributed by atoms with Gasteiger partial charge < -0.3 is 9.80 Å². The lowest BCUT2D eigenvalue weighted by molar-refractivity contribution is -0.120. The van der Waals surface area contributed by atoms with Gasteiger partial charge in [-0.15, -0.1) is 0 Å². The molecule has 8 heteroatoms. The third-order valence-electron chi connectivity index (χ3n) is 5.98. The molecule has 0 radical (unpaired) electrons. The second-order valence-corrected chi connectivity index (χ2v) is 8.20. The minimum atomic E-state index is -0.253. The van der Waals surface area contributed by atoms with Crippen LogP contribution in [0.25, 0.3) is 28.2 Å².